The van der Waals surface area contributed by atoms with Crippen molar-refractivity contribution in [3.8, 4) is 0 Å². The van der Waals surface area contributed by atoms with Gasteiger partial charge in [0.25, 0.3) is 0 Å². The van der Waals surface area contributed by atoms with Crippen molar-refractivity contribution >= 4 is 0 Å². The lowest BCUT2D eigenvalue weighted by Gasteiger charge is -1.93. The first kappa shape index (κ1) is 4.92. The Bertz CT molecular complexity index is 20.9. The Morgan fingerprint density at radius 1 is 1.80 bits per heavy atom. The third-order valence-corrected chi connectivity index (χ3v) is 0.445. The zero-order chi connectivity index (χ0) is 4.28. The SMILES string of the molecule is CCN(C)[O]. The molecule has 0 atom stereocenters. The van der Waals surface area contributed by atoms with Crippen LogP contribution < -0.4 is 0 Å². The molecule has 0 aromatic heterocycles. The van der Waals surface area contributed by atoms with Crippen LogP contribution >= 0.6 is 0 Å². The zero-order valence-electron chi connectivity index (χ0n) is 3.56. The van der Waals surface area contributed by atoms with Gasteiger partial charge in [-0.2, -0.15) is 5.06 Å². The Morgan fingerprint density at radius 2 is 2.00 bits per heavy atom. The van der Waals surface area contributed by atoms with Crippen molar-refractivity contribution < 1.29 is 5.21 Å². The van der Waals surface area contributed by atoms with Gasteiger partial charge in [0.1, 0.15) is 0 Å². The van der Waals surface area contributed by atoms with E-state index in [4.69, 9.17) is 0 Å². The summed E-state index contributed by atoms with van der Waals surface area (Å²) in [7, 11) is 1.50. The van der Waals surface area contributed by atoms with E-state index in [0.717, 1.165) is 5.06 Å². The largest absolute Gasteiger partial charge is 0.158 e. The molecule has 0 fully saturated rings. The maximum absolute atomic E-state index is 9.73. The highest BCUT2D eigenvalue weighted by Gasteiger charge is 1.77. The van der Waals surface area contributed by atoms with E-state index < -0.39 is 0 Å². The monoisotopic (exact) mass is 74.1 g/mol. The topological polar surface area (TPSA) is 23.1 Å². The molecule has 0 aliphatic rings. The average Bonchev–Trinajstić information content (AvgIpc) is 1.38. The van der Waals surface area contributed by atoms with Gasteiger partial charge in [-0.1, -0.05) is 0 Å². The maximum atomic E-state index is 9.73. The summed E-state index contributed by atoms with van der Waals surface area (Å²) in [5.74, 6) is 0. The molecule has 0 saturated heterocycles. The van der Waals surface area contributed by atoms with Crippen molar-refractivity contribution in [3.63, 3.8) is 0 Å². The van der Waals surface area contributed by atoms with Gasteiger partial charge in [0.05, 0.1) is 0 Å². The summed E-state index contributed by atoms with van der Waals surface area (Å²) in [6.45, 7) is 2.40. The van der Waals surface area contributed by atoms with E-state index in [-0.39, 0.29) is 0 Å². The highest BCUT2D eigenvalue weighted by molar-refractivity contribution is 4.14. The average molecular weight is 74.1 g/mol. The first-order chi connectivity index (χ1) is 2.27. The van der Waals surface area contributed by atoms with Crippen LogP contribution in [0.3, 0.4) is 0 Å². The summed E-state index contributed by atoms with van der Waals surface area (Å²) in [6, 6.07) is 0. The first-order valence-corrected chi connectivity index (χ1v) is 1.65. The van der Waals surface area contributed by atoms with Gasteiger partial charge in [-0.25, -0.2) is 0 Å². The fourth-order valence-corrected chi connectivity index (χ4v) is 0. The van der Waals surface area contributed by atoms with E-state index >= 15 is 0 Å². The summed E-state index contributed by atoms with van der Waals surface area (Å²) < 4.78 is 0. The quantitative estimate of drug-likeness (QED) is 0.410. The lowest BCUT2D eigenvalue weighted by Crippen LogP contribution is -2.07. The van der Waals surface area contributed by atoms with Crippen molar-refractivity contribution in [3.05, 3.63) is 0 Å². The predicted octanol–water partition coefficient (Wildman–Crippen LogP) is 0.284. The molecular weight excluding hydrogens is 66.0 g/mol. The molecule has 0 saturated carbocycles. The van der Waals surface area contributed by atoms with Gasteiger partial charge in [0.15, 0.2) is 0 Å². The highest BCUT2D eigenvalue weighted by atomic mass is 16.5. The standard InChI is InChI=1S/C3H8NO/c1-3-4(2)5/h3H2,1-2H3. The number of nitrogens with zero attached hydrogens (tertiary/aromatic N) is 1. The van der Waals surface area contributed by atoms with Crippen LogP contribution in [0.1, 0.15) is 6.92 Å². The molecule has 0 aliphatic carbocycles. The maximum Gasteiger partial charge on any atom is 0.0239 e. The fourth-order valence-electron chi connectivity index (χ4n) is 0. The smallest absolute Gasteiger partial charge is 0.0239 e. The van der Waals surface area contributed by atoms with Gasteiger partial charge in [-0.05, 0) is 6.92 Å². The van der Waals surface area contributed by atoms with Gasteiger partial charge >= 0.3 is 0 Å². The lowest BCUT2D eigenvalue weighted by atomic mass is 10.8. The Kier molecular flexibility index (Phi) is 2.14. The Labute approximate surface area is 32.0 Å². The van der Waals surface area contributed by atoms with E-state index in [9.17, 15) is 5.21 Å². The first-order valence-electron chi connectivity index (χ1n) is 1.65. The molecule has 5 heavy (non-hydrogen) atoms. The molecule has 0 aliphatic heterocycles. The van der Waals surface area contributed by atoms with Crippen LogP contribution in [0.2, 0.25) is 0 Å². The predicted molar refractivity (Wildman–Crippen MR) is 19.0 cm³/mol. The van der Waals surface area contributed by atoms with Crippen molar-refractivity contribution in [2.24, 2.45) is 0 Å². The van der Waals surface area contributed by atoms with Crippen LogP contribution in [0.15, 0.2) is 0 Å². The molecule has 0 rings (SSSR count). The molecule has 0 N–H and O–H groups in total. The molecular formula is C3H8NO. The Balaban J connectivity index is 2.54. The van der Waals surface area contributed by atoms with Gasteiger partial charge in [-0.15, -0.1) is 5.21 Å². The molecule has 31 valence electrons. The number of rotatable bonds is 1. The van der Waals surface area contributed by atoms with E-state index in [1.165, 1.54) is 7.05 Å². The van der Waals surface area contributed by atoms with E-state index in [0.29, 0.717) is 6.54 Å². The third kappa shape index (κ3) is 3.92. The van der Waals surface area contributed by atoms with Crippen molar-refractivity contribution in [2.75, 3.05) is 13.6 Å². The second-order valence-electron chi connectivity index (χ2n) is 0.944. The normalized spacial score (nSPS) is 9.60. The summed E-state index contributed by atoms with van der Waals surface area (Å²) >= 11 is 0. The molecule has 0 unspecified atom stereocenters. The molecule has 0 spiro atoms. The molecule has 0 aromatic rings. The van der Waals surface area contributed by atoms with Crippen molar-refractivity contribution in [1.82, 2.24) is 5.06 Å². The molecule has 2 heteroatoms. The number of hydrogen-bond donors (Lipinski definition) is 0. The third-order valence-electron chi connectivity index (χ3n) is 0.445. The Morgan fingerprint density at radius 3 is 2.00 bits per heavy atom. The number of hydrogen-bond acceptors (Lipinski definition) is 1. The molecule has 2 nitrogen and oxygen atoms in total. The van der Waals surface area contributed by atoms with Crippen molar-refractivity contribution in [1.29, 1.82) is 0 Å². The summed E-state index contributed by atoms with van der Waals surface area (Å²) in [6.07, 6.45) is 0. The molecule has 0 amide bonds. The minimum absolute atomic E-state index is 0.583. The fraction of sp³-hybridized carbons (Fsp3) is 1.00. The highest BCUT2D eigenvalue weighted by Crippen LogP contribution is 1.64. The van der Waals surface area contributed by atoms with Gasteiger partial charge in [0.2, 0.25) is 0 Å². The van der Waals surface area contributed by atoms with Crippen LogP contribution in [0, 0.1) is 0 Å². The van der Waals surface area contributed by atoms with Gasteiger partial charge < -0.3 is 0 Å². The van der Waals surface area contributed by atoms with Gasteiger partial charge in [0, 0.05) is 13.6 Å². The summed E-state index contributed by atoms with van der Waals surface area (Å²) in [5.41, 5.74) is 0. The van der Waals surface area contributed by atoms with Crippen LogP contribution in [-0.2, 0) is 5.21 Å². The van der Waals surface area contributed by atoms with Gasteiger partial charge in [-0.3, -0.25) is 0 Å². The Hall–Kier alpha value is -0.0800. The zero-order valence-corrected chi connectivity index (χ0v) is 3.56. The van der Waals surface area contributed by atoms with E-state index in [1.54, 1.807) is 0 Å². The lowest BCUT2D eigenvalue weighted by molar-refractivity contribution is -0.130. The summed E-state index contributed by atoms with van der Waals surface area (Å²) in [4.78, 5) is 0. The second-order valence-corrected chi connectivity index (χ2v) is 0.944. The molecule has 0 heterocycles. The van der Waals surface area contributed by atoms with Crippen LogP contribution in [0.4, 0.5) is 0 Å². The number of hydroxylamine groups is 2. The van der Waals surface area contributed by atoms with E-state index in [1.807, 2.05) is 6.92 Å². The minimum Gasteiger partial charge on any atom is -0.158 e. The molecule has 1 radical (unpaired) electrons. The second kappa shape index (κ2) is 2.18. The summed E-state index contributed by atoms with van der Waals surface area (Å²) in [5, 5.41) is 10.6. The van der Waals surface area contributed by atoms with Crippen LogP contribution in [0.5, 0.6) is 0 Å². The minimum atomic E-state index is 0.583. The van der Waals surface area contributed by atoms with Crippen molar-refractivity contribution in [2.45, 2.75) is 6.92 Å². The molecule has 0 bridgehead atoms. The van der Waals surface area contributed by atoms with Crippen LogP contribution in [-0.4, -0.2) is 18.7 Å². The molecule has 0 aromatic carbocycles. The van der Waals surface area contributed by atoms with Crippen LogP contribution in [0.25, 0.3) is 0 Å². The van der Waals surface area contributed by atoms with E-state index in [2.05, 4.69) is 0 Å².